The Morgan fingerprint density at radius 1 is 1.26 bits per heavy atom. The van der Waals surface area contributed by atoms with Gasteiger partial charge in [0, 0.05) is 18.3 Å². The van der Waals surface area contributed by atoms with Crippen molar-refractivity contribution >= 4 is 21.3 Å². The molecule has 3 aromatic rings. The molecule has 3 aromatic heterocycles. The number of nitrogens with zero attached hydrogens (tertiary/aromatic N) is 3. The van der Waals surface area contributed by atoms with Crippen LogP contribution < -0.4 is 14.8 Å². The molecule has 182 valence electrons. The number of fused-ring (bicyclic) bond motifs is 1. The first kappa shape index (κ1) is 23.7. The van der Waals surface area contributed by atoms with Crippen LogP contribution in [0.4, 0.5) is 22.0 Å². The van der Waals surface area contributed by atoms with E-state index in [0.29, 0.717) is 12.3 Å². The molecule has 0 saturated carbocycles. The summed E-state index contributed by atoms with van der Waals surface area (Å²) >= 11 is 0. The van der Waals surface area contributed by atoms with Crippen LogP contribution in [-0.4, -0.2) is 58.8 Å². The number of halogens is 5. The monoisotopic (exact) mass is 506 g/mol. The Bertz CT molecular complexity index is 1380. The number of carbonyl (C=O) groups excluding carboxylic acids is 1. The molecule has 4 rings (SSSR count). The van der Waals surface area contributed by atoms with Gasteiger partial charge in [-0.05, 0) is 13.0 Å². The highest BCUT2D eigenvalue weighted by atomic mass is 32.2. The Balaban J connectivity index is 1.57. The van der Waals surface area contributed by atoms with Crippen molar-refractivity contribution in [3.8, 4) is 17.4 Å². The standard InChI is InChI=1S/C19H15F5N4O5S/c1-18(8-34(30,31)9-18)26-16(29)15-14(21)12-5-11(2-3-28(12)27-15)33-17-13(4-10(20)6-25-17)32-7-19(22,23)24/h2-6H,7-9H2,1H3,(H,26,29). The van der Waals surface area contributed by atoms with Gasteiger partial charge < -0.3 is 14.8 Å². The third-order valence-corrected chi connectivity index (χ3v) is 6.80. The lowest BCUT2D eigenvalue weighted by Crippen LogP contribution is -2.63. The average Bonchev–Trinajstić information content (AvgIpc) is 3.02. The Labute approximate surface area is 188 Å². The number of sulfone groups is 1. The van der Waals surface area contributed by atoms with E-state index in [0.717, 1.165) is 10.6 Å². The average molecular weight is 506 g/mol. The van der Waals surface area contributed by atoms with Crippen molar-refractivity contribution in [1.82, 2.24) is 19.9 Å². The van der Waals surface area contributed by atoms with Crippen molar-refractivity contribution in [1.29, 1.82) is 0 Å². The summed E-state index contributed by atoms with van der Waals surface area (Å²) in [6.07, 6.45) is -2.79. The topological polar surface area (TPSA) is 112 Å². The molecule has 15 heteroatoms. The van der Waals surface area contributed by atoms with E-state index in [1.807, 2.05) is 0 Å². The molecule has 0 aliphatic carbocycles. The number of hydrogen-bond acceptors (Lipinski definition) is 7. The maximum absolute atomic E-state index is 14.9. The molecule has 1 aliphatic rings. The van der Waals surface area contributed by atoms with Gasteiger partial charge in [0.1, 0.15) is 17.1 Å². The van der Waals surface area contributed by atoms with Crippen LogP contribution in [-0.2, 0) is 9.84 Å². The van der Waals surface area contributed by atoms with E-state index in [9.17, 15) is 35.2 Å². The van der Waals surface area contributed by atoms with Crippen LogP contribution in [0.25, 0.3) is 5.52 Å². The van der Waals surface area contributed by atoms with E-state index in [1.54, 1.807) is 0 Å². The molecular formula is C19H15F5N4O5S. The number of nitrogens with one attached hydrogen (secondary N) is 1. The summed E-state index contributed by atoms with van der Waals surface area (Å²) in [5.41, 5.74) is -1.88. The zero-order valence-electron chi connectivity index (χ0n) is 17.2. The van der Waals surface area contributed by atoms with E-state index >= 15 is 0 Å². The summed E-state index contributed by atoms with van der Waals surface area (Å²) < 4.78 is 99.4. The molecule has 1 N–H and O–H groups in total. The lowest BCUT2D eigenvalue weighted by Gasteiger charge is -2.38. The van der Waals surface area contributed by atoms with E-state index < -0.39 is 63.0 Å². The minimum absolute atomic E-state index is 0.119. The predicted octanol–water partition coefficient (Wildman–Crippen LogP) is 2.66. The first-order valence-electron chi connectivity index (χ1n) is 9.47. The van der Waals surface area contributed by atoms with Crippen LogP contribution >= 0.6 is 0 Å². The molecule has 0 bridgehead atoms. The third-order valence-electron chi connectivity index (χ3n) is 4.64. The van der Waals surface area contributed by atoms with Crippen molar-refractivity contribution in [3.63, 3.8) is 0 Å². The highest BCUT2D eigenvalue weighted by molar-refractivity contribution is 7.93. The van der Waals surface area contributed by atoms with Crippen molar-refractivity contribution < 1.29 is 44.6 Å². The molecule has 0 aromatic carbocycles. The number of aromatic nitrogens is 3. The van der Waals surface area contributed by atoms with E-state index in [4.69, 9.17) is 4.74 Å². The first-order chi connectivity index (χ1) is 15.7. The number of hydrogen-bond donors (Lipinski definition) is 1. The van der Waals surface area contributed by atoms with Gasteiger partial charge in [-0.1, -0.05) is 0 Å². The minimum atomic E-state index is -4.69. The van der Waals surface area contributed by atoms with Gasteiger partial charge in [-0.3, -0.25) is 4.79 Å². The second-order valence-electron chi connectivity index (χ2n) is 7.86. The predicted molar refractivity (Wildman–Crippen MR) is 105 cm³/mol. The van der Waals surface area contributed by atoms with Crippen molar-refractivity contribution in [3.05, 3.63) is 47.9 Å². The van der Waals surface area contributed by atoms with Crippen molar-refractivity contribution in [2.24, 2.45) is 0 Å². The van der Waals surface area contributed by atoms with Crippen LogP contribution in [0.2, 0.25) is 0 Å². The second-order valence-corrected chi connectivity index (χ2v) is 9.93. The smallest absolute Gasteiger partial charge is 0.422 e. The van der Waals surface area contributed by atoms with Gasteiger partial charge in [0.15, 0.2) is 33.7 Å². The van der Waals surface area contributed by atoms with Gasteiger partial charge in [0.05, 0.1) is 23.2 Å². The SMILES string of the molecule is CC1(NC(=O)c2nn3ccc(Oc4ncc(F)cc4OCC(F)(F)F)cc3c2F)CS(=O)(=O)C1. The number of carbonyl (C=O) groups is 1. The maximum Gasteiger partial charge on any atom is 0.422 e. The van der Waals surface area contributed by atoms with E-state index in [1.165, 1.54) is 19.2 Å². The fourth-order valence-electron chi connectivity index (χ4n) is 3.40. The third kappa shape index (κ3) is 5.03. The van der Waals surface area contributed by atoms with Gasteiger partial charge in [-0.15, -0.1) is 0 Å². The molecule has 1 amide bonds. The molecule has 0 radical (unpaired) electrons. The van der Waals surface area contributed by atoms with Crippen molar-refractivity contribution in [2.75, 3.05) is 18.1 Å². The molecular weight excluding hydrogens is 491 g/mol. The number of amides is 1. The van der Waals surface area contributed by atoms with Crippen LogP contribution in [0.3, 0.4) is 0 Å². The fourth-order valence-corrected chi connectivity index (χ4v) is 5.40. The molecule has 4 heterocycles. The quantitative estimate of drug-likeness (QED) is 0.512. The molecule has 1 fully saturated rings. The summed E-state index contributed by atoms with van der Waals surface area (Å²) in [6, 6.07) is 2.99. The molecule has 1 aliphatic heterocycles. The highest BCUT2D eigenvalue weighted by Gasteiger charge is 2.46. The molecule has 1 saturated heterocycles. The Morgan fingerprint density at radius 3 is 2.62 bits per heavy atom. The Kier molecular flexibility index (Phi) is 5.62. The summed E-state index contributed by atoms with van der Waals surface area (Å²) in [6.45, 7) is -0.219. The first-order valence-corrected chi connectivity index (χ1v) is 11.3. The number of rotatable bonds is 6. The number of pyridine rings is 2. The normalized spacial score (nSPS) is 16.6. The lowest BCUT2D eigenvalue weighted by molar-refractivity contribution is -0.153. The highest BCUT2D eigenvalue weighted by Crippen LogP contribution is 2.32. The summed E-state index contributed by atoms with van der Waals surface area (Å²) in [5.74, 6) is -4.78. The van der Waals surface area contributed by atoms with Crippen LogP contribution in [0.5, 0.6) is 17.4 Å². The fraction of sp³-hybridized carbons (Fsp3) is 0.316. The number of alkyl halides is 3. The van der Waals surface area contributed by atoms with Crippen LogP contribution in [0, 0.1) is 11.6 Å². The summed E-state index contributed by atoms with van der Waals surface area (Å²) in [7, 11) is -3.26. The second kappa shape index (κ2) is 8.07. The zero-order valence-corrected chi connectivity index (χ0v) is 18.0. The van der Waals surface area contributed by atoms with Crippen LogP contribution in [0.1, 0.15) is 17.4 Å². The largest absolute Gasteiger partial charge is 0.478 e. The number of ether oxygens (including phenoxy) is 2. The van der Waals surface area contributed by atoms with Gasteiger partial charge >= 0.3 is 6.18 Å². The minimum Gasteiger partial charge on any atom is -0.478 e. The molecule has 34 heavy (non-hydrogen) atoms. The molecule has 0 atom stereocenters. The maximum atomic E-state index is 14.9. The van der Waals surface area contributed by atoms with Gasteiger partial charge in [0.2, 0.25) is 0 Å². The Hall–Kier alpha value is -3.49. The van der Waals surface area contributed by atoms with E-state index in [2.05, 4.69) is 20.1 Å². The van der Waals surface area contributed by atoms with E-state index in [-0.39, 0.29) is 22.8 Å². The van der Waals surface area contributed by atoms with Gasteiger partial charge in [-0.2, -0.15) is 18.3 Å². The molecule has 0 spiro atoms. The van der Waals surface area contributed by atoms with Gasteiger partial charge in [-0.25, -0.2) is 26.7 Å². The lowest BCUT2D eigenvalue weighted by atomic mass is 10.1. The Morgan fingerprint density at radius 2 is 1.97 bits per heavy atom. The summed E-state index contributed by atoms with van der Waals surface area (Å²) in [4.78, 5) is 16.0. The molecule has 9 nitrogen and oxygen atoms in total. The van der Waals surface area contributed by atoms with Crippen molar-refractivity contribution in [2.45, 2.75) is 18.6 Å². The van der Waals surface area contributed by atoms with Gasteiger partial charge in [0.25, 0.3) is 11.8 Å². The van der Waals surface area contributed by atoms with Crippen LogP contribution in [0.15, 0.2) is 30.6 Å². The zero-order chi connectivity index (χ0) is 24.9. The molecule has 0 unspecified atom stereocenters. The summed E-state index contributed by atoms with van der Waals surface area (Å²) in [5, 5.41) is 6.28.